The van der Waals surface area contributed by atoms with Crippen LogP contribution in [0.3, 0.4) is 0 Å². The average molecular weight is 352 g/mol. The fraction of sp³-hybridized carbons (Fsp3) is 0.556. The summed E-state index contributed by atoms with van der Waals surface area (Å²) in [6.07, 6.45) is 4.58. The Labute approximate surface area is 149 Å². The summed E-state index contributed by atoms with van der Waals surface area (Å²) in [4.78, 5) is 25.5. The highest BCUT2D eigenvalue weighted by atomic mass is 35.5. The zero-order chi connectivity index (χ0) is 16.4. The third-order valence-corrected chi connectivity index (χ3v) is 5.06. The molecule has 2 fully saturated rings. The summed E-state index contributed by atoms with van der Waals surface area (Å²) in [6, 6.07) is 9.01. The number of carbonyl (C=O) groups excluding carboxylic acids is 2. The van der Waals surface area contributed by atoms with Gasteiger partial charge in [-0.15, -0.1) is 12.4 Å². The van der Waals surface area contributed by atoms with E-state index in [0.717, 1.165) is 18.4 Å². The first-order chi connectivity index (χ1) is 11.0. The Kier molecular flexibility index (Phi) is 6.24. The van der Waals surface area contributed by atoms with Gasteiger partial charge in [-0.05, 0) is 43.4 Å². The number of hydrogen-bond acceptors (Lipinski definition) is 3. The van der Waals surface area contributed by atoms with Crippen LogP contribution >= 0.6 is 12.4 Å². The van der Waals surface area contributed by atoms with E-state index in [0.29, 0.717) is 30.2 Å². The monoisotopic (exact) mass is 351 g/mol. The Morgan fingerprint density at radius 3 is 2.29 bits per heavy atom. The Morgan fingerprint density at radius 2 is 1.75 bits per heavy atom. The normalized spacial score (nSPS) is 24.8. The van der Waals surface area contributed by atoms with Crippen molar-refractivity contribution in [3.63, 3.8) is 0 Å². The van der Waals surface area contributed by atoms with Crippen LogP contribution in [0.5, 0.6) is 0 Å². The van der Waals surface area contributed by atoms with Crippen LogP contribution in [0, 0.1) is 0 Å². The fourth-order valence-electron chi connectivity index (χ4n) is 3.70. The molecule has 5 nitrogen and oxygen atoms in total. The quantitative estimate of drug-likeness (QED) is 0.873. The molecule has 6 heteroatoms. The van der Waals surface area contributed by atoms with Crippen molar-refractivity contribution in [2.24, 2.45) is 0 Å². The Morgan fingerprint density at radius 1 is 1.17 bits per heavy atom. The number of amides is 2. The van der Waals surface area contributed by atoms with E-state index in [1.54, 1.807) is 0 Å². The highest BCUT2D eigenvalue weighted by molar-refractivity contribution is 5.94. The highest BCUT2D eigenvalue weighted by Crippen LogP contribution is 2.29. The van der Waals surface area contributed by atoms with Crippen LogP contribution in [0.2, 0.25) is 0 Å². The SMILES string of the molecule is CC(=O)NCc1ccc(C(=O)N(C)C2CC3CCC(C2)N3)cc1.Cl. The van der Waals surface area contributed by atoms with E-state index in [2.05, 4.69) is 10.6 Å². The molecule has 1 aromatic carbocycles. The van der Waals surface area contributed by atoms with E-state index in [-0.39, 0.29) is 24.2 Å². The van der Waals surface area contributed by atoms with Crippen molar-refractivity contribution in [2.75, 3.05) is 7.05 Å². The number of nitrogens with zero attached hydrogens (tertiary/aromatic N) is 1. The van der Waals surface area contributed by atoms with Crippen LogP contribution in [0.25, 0.3) is 0 Å². The molecule has 2 aliphatic heterocycles. The van der Waals surface area contributed by atoms with E-state index in [1.807, 2.05) is 36.2 Å². The molecule has 2 unspecified atom stereocenters. The van der Waals surface area contributed by atoms with Crippen LogP contribution in [0.1, 0.15) is 48.5 Å². The van der Waals surface area contributed by atoms with Crippen LogP contribution in [-0.2, 0) is 11.3 Å². The third-order valence-electron chi connectivity index (χ3n) is 5.06. The number of rotatable bonds is 4. The van der Waals surface area contributed by atoms with E-state index in [1.165, 1.54) is 19.8 Å². The molecular formula is C18H26ClN3O2. The van der Waals surface area contributed by atoms with Gasteiger partial charge < -0.3 is 15.5 Å². The molecule has 0 spiro atoms. The van der Waals surface area contributed by atoms with Crippen molar-refractivity contribution >= 4 is 24.2 Å². The number of benzene rings is 1. The summed E-state index contributed by atoms with van der Waals surface area (Å²) in [5, 5.41) is 6.37. The van der Waals surface area contributed by atoms with Crippen molar-refractivity contribution in [3.05, 3.63) is 35.4 Å². The van der Waals surface area contributed by atoms with Crippen molar-refractivity contribution in [3.8, 4) is 0 Å². The predicted molar refractivity (Wildman–Crippen MR) is 96.3 cm³/mol. The van der Waals surface area contributed by atoms with Crippen molar-refractivity contribution in [2.45, 2.75) is 57.3 Å². The average Bonchev–Trinajstić information content (AvgIpc) is 2.90. The van der Waals surface area contributed by atoms with Crippen molar-refractivity contribution < 1.29 is 9.59 Å². The lowest BCUT2D eigenvalue weighted by Gasteiger charge is -2.35. The maximum absolute atomic E-state index is 12.7. The lowest BCUT2D eigenvalue weighted by Crippen LogP contribution is -2.48. The Bertz CT molecular complexity index is 578. The molecule has 0 saturated carbocycles. The van der Waals surface area contributed by atoms with E-state index >= 15 is 0 Å². The molecule has 2 heterocycles. The van der Waals surface area contributed by atoms with Gasteiger partial charge in [-0.3, -0.25) is 9.59 Å². The summed E-state index contributed by atoms with van der Waals surface area (Å²) in [5.74, 6) is 0.0350. The molecule has 0 aromatic heterocycles. The number of nitrogens with one attached hydrogen (secondary N) is 2. The standard InChI is InChI=1S/C18H25N3O2.ClH/c1-12(22)19-11-13-3-5-14(6-4-13)18(23)21(2)17-9-15-7-8-16(10-17)20-15;/h3-6,15-17,20H,7-11H2,1-2H3,(H,19,22);1H. The van der Waals surface area contributed by atoms with Gasteiger partial charge in [-0.1, -0.05) is 12.1 Å². The first kappa shape index (κ1) is 18.7. The lowest BCUT2D eigenvalue weighted by molar-refractivity contribution is -0.119. The first-order valence-corrected chi connectivity index (χ1v) is 8.39. The van der Waals surface area contributed by atoms with Gasteiger partial charge in [0.1, 0.15) is 0 Å². The predicted octanol–water partition coefficient (Wildman–Crippen LogP) is 2.10. The summed E-state index contributed by atoms with van der Waals surface area (Å²) < 4.78 is 0. The van der Waals surface area contributed by atoms with Gasteiger partial charge in [-0.25, -0.2) is 0 Å². The summed E-state index contributed by atoms with van der Waals surface area (Å²) in [7, 11) is 1.92. The number of carbonyl (C=O) groups is 2. The molecule has 132 valence electrons. The molecular weight excluding hydrogens is 326 g/mol. The minimum atomic E-state index is -0.0505. The van der Waals surface area contributed by atoms with Gasteiger partial charge >= 0.3 is 0 Å². The molecule has 2 bridgehead atoms. The topological polar surface area (TPSA) is 61.4 Å². The van der Waals surface area contributed by atoms with Gasteiger partial charge in [0.25, 0.3) is 5.91 Å². The molecule has 2 N–H and O–H groups in total. The van der Waals surface area contributed by atoms with Gasteiger partial charge in [0.2, 0.25) is 5.91 Å². The first-order valence-electron chi connectivity index (χ1n) is 8.39. The summed E-state index contributed by atoms with van der Waals surface area (Å²) in [5.41, 5.74) is 1.71. The maximum Gasteiger partial charge on any atom is 0.253 e. The Balaban J connectivity index is 0.00000208. The number of hydrogen-bond donors (Lipinski definition) is 2. The van der Waals surface area contributed by atoms with Gasteiger partial charge in [0.05, 0.1) is 0 Å². The minimum absolute atomic E-state index is 0. The van der Waals surface area contributed by atoms with Crippen molar-refractivity contribution in [1.29, 1.82) is 0 Å². The van der Waals surface area contributed by atoms with Gasteiger partial charge in [0, 0.05) is 44.2 Å². The number of piperidine rings is 1. The largest absolute Gasteiger partial charge is 0.352 e. The summed E-state index contributed by atoms with van der Waals surface area (Å²) in [6.45, 7) is 2.00. The number of halogens is 1. The maximum atomic E-state index is 12.7. The smallest absolute Gasteiger partial charge is 0.253 e. The van der Waals surface area contributed by atoms with Crippen LogP contribution in [0.15, 0.2) is 24.3 Å². The zero-order valence-corrected chi connectivity index (χ0v) is 15.1. The molecule has 2 saturated heterocycles. The summed E-state index contributed by atoms with van der Waals surface area (Å²) >= 11 is 0. The van der Waals surface area contributed by atoms with Crippen LogP contribution in [-0.4, -0.2) is 41.9 Å². The molecule has 2 aliphatic rings. The van der Waals surface area contributed by atoms with E-state index < -0.39 is 0 Å². The zero-order valence-electron chi connectivity index (χ0n) is 14.2. The van der Waals surface area contributed by atoms with Crippen LogP contribution in [0.4, 0.5) is 0 Å². The van der Waals surface area contributed by atoms with Crippen molar-refractivity contribution in [1.82, 2.24) is 15.5 Å². The Hall–Kier alpha value is -1.59. The molecule has 2 atom stereocenters. The van der Waals surface area contributed by atoms with Gasteiger partial charge in [-0.2, -0.15) is 0 Å². The minimum Gasteiger partial charge on any atom is -0.352 e. The van der Waals surface area contributed by atoms with Gasteiger partial charge in [0.15, 0.2) is 0 Å². The van der Waals surface area contributed by atoms with Crippen LogP contribution < -0.4 is 10.6 Å². The number of fused-ring (bicyclic) bond motifs is 2. The van der Waals surface area contributed by atoms with E-state index in [4.69, 9.17) is 0 Å². The molecule has 0 radical (unpaired) electrons. The second-order valence-corrected chi connectivity index (χ2v) is 6.79. The lowest BCUT2D eigenvalue weighted by atomic mass is 9.98. The molecule has 0 aliphatic carbocycles. The third kappa shape index (κ3) is 4.28. The molecule has 3 rings (SSSR count). The van der Waals surface area contributed by atoms with E-state index in [9.17, 15) is 9.59 Å². The highest BCUT2D eigenvalue weighted by Gasteiger charge is 2.36. The fourth-order valence-corrected chi connectivity index (χ4v) is 3.70. The second-order valence-electron chi connectivity index (χ2n) is 6.79. The molecule has 2 amide bonds. The molecule has 1 aromatic rings. The second kappa shape index (κ2) is 7.99. The molecule has 24 heavy (non-hydrogen) atoms.